The molecule has 1 nitrogen and oxygen atoms in total. The summed E-state index contributed by atoms with van der Waals surface area (Å²) in [5, 5.41) is -0.299. The Morgan fingerprint density at radius 3 is 2.20 bits per heavy atom. The summed E-state index contributed by atoms with van der Waals surface area (Å²) in [4.78, 5) is 1.99. The van der Waals surface area contributed by atoms with Gasteiger partial charge < -0.3 is 4.98 Å². The minimum Gasteiger partial charge on any atom is -0.356 e. The first kappa shape index (κ1) is 7.47. The summed E-state index contributed by atoms with van der Waals surface area (Å²) < 4.78 is 35.3. The van der Waals surface area contributed by atoms with E-state index in [0.29, 0.717) is 0 Å². The third-order valence-electron chi connectivity index (χ3n) is 0.980. The molecule has 0 aliphatic rings. The highest BCUT2D eigenvalue weighted by atomic mass is 35.5. The van der Waals surface area contributed by atoms with Crippen LogP contribution < -0.4 is 0 Å². The SMILES string of the molecule is FC(F)(F)c1[nH]ccc1Cl. The Labute approximate surface area is 59.8 Å². The fourth-order valence-corrected chi connectivity index (χ4v) is 0.792. The molecule has 1 aromatic heterocycles. The Balaban J connectivity index is 3.05. The van der Waals surface area contributed by atoms with Crippen molar-refractivity contribution in [2.24, 2.45) is 0 Å². The third kappa shape index (κ3) is 1.26. The van der Waals surface area contributed by atoms with Crippen LogP contribution in [0.25, 0.3) is 0 Å². The van der Waals surface area contributed by atoms with Crippen molar-refractivity contribution in [3.63, 3.8) is 0 Å². The molecule has 0 fully saturated rings. The summed E-state index contributed by atoms with van der Waals surface area (Å²) in [6.07, 6.45) is -3.23. The molecule has 0 saturated carbocycles. The number of rotatable bonds is 0. The van der Waals surface area contributed by atoms with Crippen molar-refractivity contribution < 1.29 is 13.2 Å². The first-order valence-corrected chi connectivity index (χ1v) is 2.79. The van der Waals surface area contributed by atoms with E-state index in [2.05, 4.69) is 0 Å². The van der Waals surface area contributed by atoms with Gasteiger partial charge in [-0.05, 0) is 6.07 Å². The molecular formula is C5H3ClF3N. The van der Waals surface area contributed by atoms with Crippen LogP contribution in [0.2, 0.25) is 5.02 Å². The van der Waals surface area contributed by atoms with Crippen molar-refractivity contribution in [2.75, 3.05) is 0 Å². The van der Waals surface area contributed by atoms with E-state index in [1.165, 1.54) is 0 Å². The normalized spacial score (nSPS) is 12.0. The quantitative estimate of drug-likeness (QED) is 0.615. The second kappa shape index (κ2) is 2.20. The number of aromatic amines is 1. The Kier molecular flexibility index (Phi) is 1.64. The van der Waals surface area contributed by atoms with Crippen molar-refractivity contribution in [1.29, 1.82) is 0 Å². The van der Waals surface area contributed by atoms with E-state index >= 15 is 0 Å². The van der Waals surface area contributed by atoms with Crippen molar-refractivity contribution >= 4 is 11.6 Å². The van der Waals surface area contributed by atoms with Gasteiger partial charge in [-0.15, -0.1) is 0 Å². The van der Waals surface area contributed by atoms with E-state index in [-0.39, 0.29) is 5.02 Å². The van der Waals surface area contributed by atoms with Gasteiger partial charge in [-0.3, -0.25) is 0 Å². The van der Waals surface area contributed by atoms with Gasteiger partial charge in [0.25, 0.3) is 0 Å². The van der Waals surface area contributed by atoms with Crippen molar-refractivity contribution in [3.8, 4) is 0 Å². The molecule has 0 aliphatic carbocycles. The van der Waals surface area contributed by atoms with Crippen LogP contribution in [0.4, 0.5) is 13.2 Å². The number of nitrogens with one attached hydrogen (secondary N) is 1. The first-order valence-electron chi connectivity index (χ1n) is 2.42. The topological polar surface area (TPSA) is 15.8 Å². The van der Waals surface area contributed by atoms with Crippen molar-refractivity contribution in [1.82, 2.24) is 4.98 Å². The summed E-state index contributed by atoms with van der Waals surface area (Å²) in [6, 6.07) is 1.16. The summed E-state index contributed by atoms with van der Waals surface area (Å²) in [7, 11) is 0. The molecule has 0 saturated heterocycles. The van der Waals surface area contributed by atoms with E-state index in [0.717, 1.165) is 12.3 Å². The molecule has 1 rings (SSSR count). The van der Waals surface area contributed by atoms with Crippen LogP contribution in [0.3, 0.4) is 0 Å². The van der Waals surface area contributed by atoms with Crippen LogP contribution in [0.5, 0.6) is 0 Å². The fourth-order valence-electron chi connectivity index (χ4n) is 0.568. The van der Waals surface area contributed by atoms with Gasteiger partial charge in [0.05, 0.1) is 5.02 Å². The maximum atomic E-state index is 11.8. The maximum Gasteiger partial charge on any atom is 0.432 e. The fraction of sp³-hybridized carbons (Fsp3) is 0.200. The molecule has 0 atom stereocenters. The minimum absolute atomic E-state index is 0.299. The van der Waals surface area contributed by atoms with E-state index < -0.39 is 11.9 Å². The Bertz CT molecular complexity index is 227. The van der Waals surface area contributed by atoms with E-state index in [4.69, 9.17) is 11.6 Å². The van der Waals surface area contributed by atoms with Crippen LogP contribution in [0.15, 0.2) is 12.3 Å². The lowest BCUT2D eigenvalue weighted by molar-refractivity contribution is -0.140. The van der Waals surface area contributed by atoms with Gasteiger partial charge in [-0.25, -0.2) is 0 Å². The predicted octanol–water partition coefficient (Wildman–Crippen LogP) is 2.69. The summed E-state index contributed by atoms with van der Waals surface area (Å²) >= 11 is 5.17. The summed E-state index contributed by atoms with van der Waals surface area (Å²) in [5.41, 5.74) is -0.894. The molecule has 5 heteroatoms. The molecule has 0 spiro atoms. The molecule has 1 N–H and O–H groups in total. The maximum absolute atomic E-state index is 11.8. The second-order valence-corrected chi connectivity index (χ2v) is 2.11. The first-order chi connectivity index (χ1) is 4.52. The van der Waals surface area contributed by atoms with Gasteiger partial charge in [0.2, 0.25) is 0 Å². The lowest BCUT2D eigenvalue weighted by Gasteiger charge is -2.02. The molecule has 10 heavy (non-hydrogen) atoms. The van der Waals surface area contributed by atoms with Crippen LogP contribution in [-0.4, -0.2) is 4.98 Å². The zero-order valence-corrected chi connectivity index (χ0v) is 5.42. The Morgan fingerprint density at radius 2 is 2.00 bits per heavy atom. The molecule has 0 amide bonds. The highest BCUT2D eigenvalue weighted by Crippen LogP contribution is 2.32. The highest BCUT2D eigenvalue weighted by Gasteiger charge is 2.34. The highest BCUT2D eigenvalue weighted by molar-refractivity contribution is 6.31. The Hall–Kier alpha value is -0.640. The summed E-state index contributed by atoms with van der Waals surface area (Å²) in [6.45, 7) is 0. The molecular weight excluding hydrogens is 167 g/mol. The van der Waals surface area contributed by atoms with Gasteiger partial charge in [-0.2, -0.15) is 13.2 Å². The smallest absolute Gasteiger partial charge is 0.356 e. The standard InChI is InChI=1S/C5H3ClF3N/c6-3-1-2-10-4(3)5(7,8)9/h1-2,10H. The average Bonchev–Trinajstić information content (AvgIpc) is 2.11. The third-order valence-corrected chi connectivity index (χ3v) is 1.29. The molecule has 0 unspecified atom stereocenters. The van der Waals surface area contributed by atoms with Crippen LogP contribution >= 0.6 is 11.6 Å². The minimum atomic E-state index is -4.37. The van der Waals surface area contributed by atoms with Gasteiger partial charge in [0.15, 0.2) is 0 Å². The van der Waals surface area contributed by atoms with Crippen molar-refractivity contribution in [2.45, 2.75) is 6.18 Å². The molecule has 56 valence electrons. The second-order valence-electron chi connectivity index (χ2n) is 1.70. The van der Waals surface area contributed by atoms with Crippen LogP contribution in [-0.2, 0) is 6.18 Å². The number of halogens is 4. The predicted molar refractivity (Wildman–Crippen MR) is 30.8 cm³/mol. The molecule has 1 heterocycles. The molecule has 0 aromatic carbocycles. The van der Waals surface area contributed by atoms with E-state index in [1.807, 2.05) is 4.98 Å². The number of H-pyrrole nitrogens is 1. The lowest BCUT2D eigenvalue weighted by atomic mass is 10.4. The van der Waals surface area contributed by atoms with E-state index in [9.17, 15) is 13.2 Å². The molecule has 0 bridgehead atoms. The zero-order valence-electron chi connectivity index (χ0n) is 4.67. The van der Waals surface area contributed by atoms with E-state index in [1.54, 1.807) is 0 Å². The number of aromatic nitrogens is 1. The lowest BCUT2D eigenvalue weighted by Crippen LogP contribution is -2.05. The Morgan fingerprint density at radius 1 is 1.40 bits per heavy atom. The number of alkyl halides is 3. The average molecular weight is 170 g/mol. The van der Waals surface area contributed by atoms with Gasteiger partial charge in [-0.1, -0.05) is 11.6 Å². The molecule has 1 aromatic rings. The molecule has 0 aliphatic heterocycles. The summed E-state index contributed by atoms with van der Waals surface area (Å²) in [5.74, 6) is 0. The largest absolute Gasteiger partial charge is 0.432 e. The number of hydrogen-bond donors (Lipinski definition) is 1. The number of hydrogen-bond acceptors (Lipinski definition) is 0. The monoisotopic (exact) mass is 169 g/mol. The molecule has 0 radical (unpaired) electrons. The van der Waals surface area contributed by atoms with Gasteiger partial charge in [0.1, 0.15) is 5.69 Å². The van der Waals surface area contributed by atoms with Crippen molar-refractivity contribution in [3.05, 3.63) is 23.0 Å². The van der Waals surface area contributed by atoms with Gasteiger partial charge >= 0.3 is 6.18 Å². The van der Waals surface area contributed by atoms with Crippen LogP contribution in [0, 0.1) is 0 Å². The van der Waals surface area contributed by atoms with Gasteiger partial charge in [0, 0.05) is 6.20 Å². The zero-order chi connectivity index (χ0) is 7.78. The van der Waals surface area contributed by atoms with Crippen LogP contribution in [0.1, 0.15) is 5.69 Å².